The molecule has 0 aliphatic rings. The lowest BCUT2D eigenvalue weighted by Crippen LogP contribution is -2.23. The van der Waals surface area contributed by atoms with Crippen LogP contribution in [0.15, 0.2) is 39.4 Å². The van der Waals surface area contributed by atoms with Crippen LogP contribution >= 0.6 is 41.0 Å². The van der Waals surface area contributed by atoms with Crippen molar-refractivity contribution in [3.05, 3.63) is 50.1 Å². The van der Waals surface area contributed by atoms with Crippen LogP contribution in [0.1, 0.15) is 26.7 Å². The second-order valence-electron chi connectivity index (χ2n) is 4.99. The van der Waals surface area contributed by atoms with Gasteiger partial charge in [-0.25, -0.2) is 4.98 Å². The van der Waals surface area contributed by atoms with Crippen molar-refractivity contribution in [2.24, 2.45) is 5.73 Å². The van der Waals surface area contributed by atoms with Crippen LogP contribution < -0.4 is 16.9 Å². The van der Waals surface area contributed by atoms with Crippen molar-refractivity contribution in [3.8, 4) is 0 Å². The third kappa shape index (κ3) is 7.67. The van der Waals surface area contributed by atoms with E-state index in [4.69, 9.17) is 23.4 Å². The highest BCUT2D eigenvalue weighted by atomic mass is 79.9. The number of nitrogens with zero attached hydrogens (tertiary/aromatic N) is 3. The predicted molar refractivity (Wildman–Crippen MR) is 113 cm³/mol. The van der Waals surface area contributed by atoms with Gasteiger partial charge in [0.1, 0.15) is 0 Å². The van der Waals surface area contributed by atoms with Gasteiger partial charge in [0.2, 0.25) is 0 Å². The molecular weight excluding hydrogens is 440 g/mol. The SMILES string of the molecule is Br.CCCn1cc[nH]c(=S)c1=O.CCCn1ccnc(SC(=N)N)c1=O. The first kappa shape index (κ1) is 24.3. The van der Waals surface area contributed by atoms with E-state index in [9.17, 15) is 9.59 Å². The topological polar surface area (TPSA) is 123 Å². The van der Waals surface area contributed by atoms with Gasteiger partial charge in [0.05, 0.1) is 0 Å². The van der Waals surface area contributed by atoms with Gasteiger partial charge in [-0.15, -0.1) is 17.0 Å². The minimum Gasteiger partial charge on any atom is -0.378 e. The number of aromatic nitrogens is 4. The van der Waals surface area contributed by atoms with Gasteiger partial charge in [0.15, 0.2) is 14.8 Å². The summed E-state index contributed by atoms with van der Waals surface area (Å²) < 4.78 is 3.46. The van der Waals surface area contributed by atoms with E-state index in [2.05, 4.69) is 9.97 Å². The third-order valence-corrected chi connectivity index (χ3v) is 3.93. The molecule has 0 unspecified atom stereocenters. The number of aromatic amines is 1. The molecule has 4 N–H and O–H groups in total. The van der Waals surface area contributed by atoms with Crippen LogP contribution in [0.3, 0.4) is 0 Å². The quantitative estimate of drug-likeness (QED) is 0.271. The van der Waals surface area contributed by atoms with E-state index in [1.165, 1.54) is 0 Å². The highest BCUT2D eigenvalue weighted by molar-refractivity contribution is 8.93. The Labute approximate surface area is 171 Å². The van der Waals surface area contributed by atoms with E-state index in [-0.39, 0.29) is 42.9 Å². The zero-order valence-corrected chi connectivity index (χ0v) is 17.9. The lowest BCUT2D eigenvalue weighted by Gasteiger charge is -2.04. The summed E-state index contributed by atoms with van der Waals surface area (Å²) in [7, 11) is 0. The highest BCUT2D eigenvalue weighted by Crippen LogP contribution is 2.07. The zero-order valence-electron chi connectivity index (χ0n) is 14.6. The molecule has 0 aromatic carbocycles. The molecule has 26 heavy (non-hydrogen) atoms. The Hall–Kier alpha value is -1.72. The van der Waals surface area contributed by atoms with Gasteiger partial charge in [-0.3, -0.25) is 15.0 Å². The summed E-state index contributed by atoms with van der Waals surface area (Å²) >= 11 is 5.65. The third-order valence-electron chi connectivity index (χ3n) is 2.94. The lowest BCUT2D eigenvalue weighted by atomic mass is 10.5. The maximum absolute atomic E-state index is 11.6. The number of hydrogen-bond acceptors (Lipinski definition) is 6. The second-order valence-corrected chi connectivity index (χ2v) is 6.42. The fourth-order valence-corrected chi connectivity index (χ4v) is 2.61. The number of H-pyrrole nitrogens is 1. The predicted octanol–water partition coefficient (Wildman–Crippen LogP) is 2.53. The molecule has 0 aliphatic carbocycles. The van der Waals surface area contributed by atoms with Crippen LogP contribution in [-0.4, -0.2) is 24.3 Å². The first-order valence-corrected chi connectivity index (χ1v) is 8.98. The lowest BCUT2D eigenvalue weighted by molar-refractivity contribution is 0.632. The van der Waals surface area contributed by atoms with Gasteiger partial charge in [-0.2, -0.15) is 0 Å². The molecular formula is C15H23BrN6O2S2. The van der Waals surface area contributed by atoms with Crippen molar-refractivity contribution >= 4 is 46.1 Å². The molecule has 0 amide bonds. The van der Waals surface area contributed by atoms with E-state index in [1.54, 1.807) is 33.9 Å². The molecule has 2 aromatic heterocycles. The molecule has 0 aliphatic heterocycles. The molecule has 11 heteroatoms. The summed E-state index contributed by atoms with van der Waals surface area (Å²) in [6.07, 6.45) is 8.40. The summed E-state index contributed by atoms with van der Waals surface area (Å²) in [5.74, 6) is 0. The maximum Gasteiger partial charge on any atom is 0.285 e. The Morgan fingerprint density at radius 3 is 2.35 bits per heavy atom. The fourth-order valence-electron chi connectivity index (χ4n) is 1.90. The van der Waals surface area contributed by atoms with E-state index < -0.39 is 0 Å². The largest absolute Gasteiger partial charge is 0.378 e. The van der Waals surface area contributed by atoms with Crippen LogP contribution in [0.25, 0.3) is 0 Å². The number of aryl methyl sites for hydroxylation is 2. The Morgan fingerprint density at radius 1 is 1.23 bits per heavy atom. The molecule has 2 heterocycles. The minimum absolute atomic E-state index is 0. The molecule has 144 valence electrons. The van der Waals surface area contributed by atoms with Crippen LogP contribution in [0.2, 0.25) is 0 Å². The maximum atomic E-state index is 11.6. The van der Waals surface area contributed by atoms with Crippen molar-refractivity contribution in [2.45, 2.75) is 44.8 Å². The number of hydrogen-bond donors (Lipinski definition) is 3. The Balaban J connectivity index is 0.000000475. The molecule has 0 radical (unpaired) electrons. The van der Waals surface area contributed by atoms with Gasteiger partial charge in [0.25, 0.3) is 11.1 Å². The Morgan fingerprint density at radius 2 is 1.81 bits per heavy atom. The molecule has 0 bridgehead atoms. The Bertz CT molecular complexity index is 877. The molecule has 0 spiro atoms. The summed E-state index contributed by atoms with van der Waals surface area (Å²) in [5, 5.41) is 7.19. The molecule has 8 nitrogen and oxygen atoms in total. The van der Waals surface area contributed by atoms with Crippen molar-refractivity contribution in [1.82, 2.24) is 19.1 Å². The fraction of sp³-hybridized carbons (Fsp3) is 0.400. The number of thioether (sulfide) groups is 1. The van der Waals surface area contributed by atoms with Gasteiger partial charge in [-0.1, -0.05) is 26.1 Å². The molecule has 2 aromatic rings. The number of amidine groups is 1. The van der Waals surface area contributed by atoms with Crippen molar-refractivity contribution < 1.29 is 0 Å². The zero-order chi connectivity index (χ0) is 18.8. The van der Waals surface area contributed by atoms with Gasteiger partial charge < -0.3 is 19.9 Å². The highest BCUT2D eigenvalue weighted by Gasteiger charge is 2.05. The van der Waals surface area contributed by atoms with E-state index >= 15 is 0 Å². The van der Waals surface area contributed by atoms with Crippen LogP contribution in [0, 0.1) is 10.0 Å². The number of rotatable bonds is 5. The van der Waals surface area contributed by atoms with Gasteiger partial charge in [-0.05, 0) is 24.6 Å². The number of halogens is 1. The molecule has 0 saturated carbocycles. The van der Waals surface area contributed by atoms with Crippen molar-refractivity contribution in [3.63, 3.8) is 0 Å². The number of nitrogens with one attached hydrogen (secondary N) is 2. The van der Waals surface area contributed by atoms with Crippen molar-refractivity contribution in [1.29, 1.82) is 5.41 Å². The van der Waals surface area contributed by atoms with Crippen LogP contribution in [0.4, 0.5) is 0 Å². The first-order chi connectivity index (χ1) is 11.9. The van der Waals surface area contributed by atoms with Gasteiger partial charge >= 0.3 is 0 Å². The second kappa shape index (κ2) is 12.6. The summed E-state index contributed by atoms with van der Waals surface area (Å²) in [6, 6.07) is 0. The first-order valence-electron chi connectivity index (χ1n) is 7.76. The molecule has 2 rings (SSSR count). The standard InChI is InChI=1S/C8H12N4OS.C7H10N2OS.BrH/c1-2-4-12-5-3-11-6(7(12)13)14-8(9)10;1-2-4-9-5-3-8-6(11)7(9)10;/h3,5H,2,4H2,1H3,(H3,9,10);3,5H,2,4H2,1H3,(H,8,11);1H. The normalized spacial score (nSPS) is 9.62. The number of nitrogens with two attached hydrogens (primary N) is 1. The summed E-state index contributed by atoms with van der Waals surface area (Å²) in [6.45, 7) is 5.40. The average Bonchev–Trinajstić information content (AvgIpc) is 2.56. The molecule has 0 atom stereocenters. The van der Waals surface area contributed by atoms with Crippen molar-refractivity contribution in [2.75, 3.05) is 0 Å². The van der Waals surface area contributed by atoms with E-state index in [1.807, 2.05) is 13.8 Å². The summed E-state index contributed by atoms with van der Waals surface area (Å²) in [5.41, 5.74) is 4.88. The monoisotopic (exact) mass is 462 g/mol. The van der Waals surface area contributed by atoms with Crippen LogP contribution in [0.5, 0.6) is 0 Å². The molecule has 0 saturated heterocycles. The van der Waals surface area contributed by atoms with Gasteiger partial charge in [0, 0.05) is 37.9 Å². The average molecular weight is 463 g/mol. The summed E-state index contributed by atoms with van der Waals surface area (Å²) in [4.78, 5) is 29.4. The molecule has 0 fully saturated rings. The Kier molecular flexibility index (Phi) is 11.8. The van der Waals surface area contributed by atoms with Crippen LogP contribution in [-0.2, 0) is 13.1 Å². The van der Waals surface area contributed by atoms with E-state index in [0.717, 1.165) is 31.1 Å². The van der Waals surface area contributed by atoms with E-state index in [0.29, 0.717) is 6.54 Å². The smallest absolute Gasteiger partial charge is 0.285 e. The minimum atomic E-state index is -0.186.